The molecule has 0 fully saturated rings. The predicted octanol–water partition coefficient (Wildman–Crippen LogP) is 2.00. The number of anilines is 1. The van der Waals surface area contributed by atoms with Gasteiger partial charge in [-0.15, -0.1) is 0 Å². The lowest BCUT2D eigenvalue weighted by molar-refractivity contribution is -0.139. The van der Waals surface area contributed by atoms with Crippen molar-refractivity contribution in [1.82, 2.24) is 15.7 Å². The first-order chi connectivity index (χ1) is 16.0. The highest BCUT2D eigenvalue weighted by Gasteiger charge is 2.12. The van der Waals surface area contributed by atoms with Gasteiger partial charge in [0, 0.05) is 11.9 Å². The molecule has 0 aliphatic rings. The number of ether oxygens (including phenoxy) is 1. The average Bonchev–Trinajstić information content (AvgIpc) is 2.84. The normalized spacial score (nSPS) is 10.5. The van der Waals surface area contributed by atoms with Gasteiger partial charge in [0.2, 0.25) is 0 Å². The Bertz CT molecular complexity index is 1120. The van der Waals surface area contributed by atoms with Gasteiger partial charge < -0.3 is 15.4 Å². The molecule has 3 aromatic rings. The number of rotatable bonds is 8. The van der Waals surface area contributed by atoms with E-state index in [0.717, 1.165) is 0 Å². The van der Waals surface area contributed by atoms with E-state index in [1.54, 1.807) is 48.7 Å². The first-order valence-electron chi connectivity index (χ1n) is 9.79. The zero-order valence-corrected chi connectivity index (χ0v) is 17.3. The summed E-state index contributed by atoms with van der Waals surface area (Å²) >= 11 is 0. The molecule has 9 nitrogen and oxygen atoms in total. The van der Waals surface area contributed by atoms with Gasteiger partial charge >= 0.3 is 11.8 Å². The van der Waals surface area contributed by atoms with Gasteiger partial charge in [-0.1, -0.05) is 6.07 Å². The third-order valence-corrected chi connectivity index (χ3v) is 4.12. The largest absolute Gasteiger partial charge is 0.484 e. The fraction of sp³-hybridized carbons (Fsp3) is 0.0870. The van der Waals surface area contributed by atoms with Crippen LogP contribution < -0.4 is 20.8 Å². The van der Waals surface area contributed by atoms with Crippen LogP contribution in [0.25, 0.3) is 0 Å². The number of amides is 3. The molecule has 3 rings (SSSR count). The predicted molar refractivity (Wildman–Crippen MR) is 119 cm³/mol. The summed E-state index contributed by atoms with van der Waals surface area (Å²) in [6.07, 6.45) is 2.94. The molecule has 2 aromatic carbocycles. The number of nitrogens with one attached hydrogen (secondary N) is 3. The molecule has 1 heterocycles. The van der Waals surface area contributed by atoms with E-state index in [1.807, 2.05) is 0 Å². The highest BCUT2D eigenvalue weighted by molar-refractivity contribution is 6.35. The first kappa shape index (κ1) is 23.1. The Morgan fingerprint density at radius 3 is 2.42 bits per heavy atom. The second-order valence-electron chi connectivity index (χ2n) is 6.62. The van der Waals surface area contributed by atoms with Gasteiger partial charge in [-0.05, 0) is 66.2 Å². The van der Waals surface area contributed by atoms with Crippen LogP contribution in [0.1, 0.15) is 11.3 Å². The zero-order valence-electron chi connectivity index (χ0n) is 17.3. The third-order valence-electron chi connectivity index (χ3n) is 4.12. The van der Waals surface area contributed by atoms with Gasteiger partial charge in [0.25, 0.3) is 5.91 Å². The number of aromatic nitrogens is 1. The molecule has 0 radical (unpaired) electrons. The second kappa shape index (κ2) is 11.7. The average molecular weight is 449 g/mol. The van der Waals surface area contributed by atoms with Crippen molar-refractivity contribution in [2.75, 3.05) is 11.9 Å². The number of carbonyl (C=O) groups excluding carboxylic acids is 3. The summed E-state index contributed by atoms with van der Waals surface area (Å²) in [6.45, 7) is -0.103. The van der Waals surface area contributed by atoms with E-state index in [-0.39, 0.29) is 13.2 Å². The number of hydrazone groups is 1. The fourth-order valence-electron chi connectivity index (χ4n) is 2.50. The van der Waals surface area contributed by atoms with Crippen LogP contribution in [0.5, 0.6) is 5.75 Å². The van der Waals surface area contributed by atoms with Crippen LogP contribution in [0.3, 0.4) is 0 Å². The van der Waals surface area contributed by atoms with Crippen LogP contribution in [-0.2, 0) is 20.9 Å². The topological polar surface area (TPSA) is 122 Å². The van der Waals surface area contributed by atoms with Crippen molar-refractivity contribution in [3.8, 4) is 5.75 Å². The molecule has 0 spiro atoms. The van der Waals surface area contributed by atoms with E-state index in [0.29, 0.717) is 22.7 Å². The summed E-state index contributed by atoms with van der Waals surface area (Å²) in [5, 5.41) is 8.77. The maximum atomic E-state index is 12.9. The summed E-state index contributed by atoms with van der Waals surface area (Å²) in [5.41, 5.74) is 3.86. The molecule has 33 heavy (non-hydrogen) atoms. The Morgan fingerprint density at radius 2 is 1.73 bits per heavy atom. The van der Waals surface area contributed by atoms with E-state index in [1.165, 1.54) is 30.5 Å². The lowest BCUT2D eigenvalue weighted by Crippen LogP contribution is -2.37. The van der Waals surface area contributed by atoms with Gasteiger partial charge in [-0.25, -0.2) is 9.82 Å². The van der Waals surface area contributed by atoms with Gasteiger partial charge in [-0.2, -0.15) is 5.10 Å². The number of benzene rings is 2. The quantitative estimate of drug-likeness (QED) is 0.276. The highest BCUT2D eigenvalue weighted by Crippen LogP contribution is 2.12. The molecule has 0 atom stereocenters. The Balaban J connectivity index is 1.39. The van der Waals surface area contributed by atoms with E-state index in [4.69, 9.17) is 4.74 Å². The summed E-state index contributed by atoms with van der Waals surface area (Å²) in [6, 6.07) is 17.2. The highest BCUT2D eigenvalue weighted by atomic mass is 19.1. The van der Waals surface area contributed by atoms with Crippen LogP contribution in [0.2, 0.25) is 0 Å². The van der Waals surface area contributed by atoms with Gasteiger partial charge in [0.1, 0.15) is 11.6 Å². The van der Waals surface area contributed by atoms with Crippen LogP contribution in [-0.4, -0.2) is 35.5 Å². The maximum Gasteiger partial charge on any atom is 0.329 e. The second-order valence-corrected chi connectivity index (χ2v) is 6.62. The van der Waals surface area contributed by atoms with E-state index < -0.39 is 23.5 Å². The number of carbonyl (C=O) groups is 3. The number of halogens is 1. The first-order valence-corrected chi connectivity index (χ1v) is 9.79. The third kappa shape index (κ3) is 7.87. The van der Waals surface area contributed by atoms with E-state index in [9.17, 15) is 18.8 Å². The maximum absolute atomic E-state index is 12.9. The fourth-order valence-corrected chi connectivity index (χ4v) is 2.50. The van der Waals surface area contributed by atoms with E-state index >= 15 is 0 Å². The SMILES string of the molecule is O=C(COc1ccc(/C=N\NC(=O)C(=O)NCc2ccccn2)cc1)Nc1ccc(F)cc1. The van der Waals surface area contributed by atoms with Crippen molar-refractivity contribution >= 4 is 29.6 Å². The molecule has 3 amide bonds. The lowest BCUT2D eigenvalue weighted by atomic mass is 10.2. The van der Waals surface area contributed by atoms with Crippen molar-refractivity contribution in [1.29, 1.82) is 0 Å². The molecule has 10 heteroatoms. The van der Waals surface area contributed by atoms with Crippen molar-refractivity contribution in [3.05, 3.63) is 90.0 Å². The number of hydrogen-bond acceptors (Lipinski definition) is 6. The van der Waals surface area contributed by atoms with Crippen LogP contribution in [0.15, 0.2) is 78.0 Å². The molecule has 0 aliphatic heterocycles. The van der Waals surface area contributed by atoms with Crippen LogP contribution in [0, 0.1) is 5.82 Å². The molecule has 0 saturated carbocycles. The standard InChI is InChI=1S/C23H20FN5O4/c24-17-6-8-18(9-7-17)28-21(30)15-33-20-10-4-16(5-11-20)13-27-29-23(32)22(31)26-14-19-3-1-2-12-25-19/h1-13H,14-15H2,(H,26,31)(H,28,30)(H,29,32)/b27-13-. The van der Waals surface area contributed by atoms with Crippen LogP contribution >= 0.6 is 0 Å². The molecule has 0 saturated heterocycles. The summed E-state index contributed by atoms with van der Waals surface area (Å²) in [4.78, 5) is 39.5. The summed E-state index contributed by atoms with van der Waals surface area (Å²) in [5.74, 6) is -2.08. The molecular formula is C23H20FN5O4. The number of pyridine rings is 1. The molecule has 3 N–H and O–H groups in total. The molecule has 0 aliphatic carbocycles. The minimum atomic E-state index is -0.908. The molecule has 0 bridgehead atoms. The van der Waals surface area contributed by atoms with Crippen LogP contribution in [0.4, 0.5) is 10.1 Å². The molecule has 1 aromatic heterocycles. The lowest BCUT2D eigenvalue weighted by Gasteiger charge is -2.07. The molecule has 168 valence electrons. The number of hydrogen-bond donors (Lipinski definition) is 3. The number of nitrogens with zero attached hydrogens (tertiary/aromatic N) is 2. The Labute approximate surface area is 188 Å². The summed E-state index contributed by atoms with van der Waals surface area (Å²) in [7, 11) is 0. The van der Waals surface area contributed by atoms with Gasteiger partial charge in [0.05, 0.1) is 18.5 Å². The minimum Gasteiger partial charge on any atom is -0.484 e. The summed E-state index contributed by atoms with van der Waals surface area (Å²) < 4.78 is 18.3. The van der Waals surface area contributed by atoms with Crippen molar-refractivity contribution in [2.24, 2.45) is 5.10 Å². The Morgan fingerprint density at radius 1 is 0.970 bits per heavy atom. The molecular weight excluding hydrogens is 429 g/mol. The van der Waals surface area contributed by atoms with E-state index in [2.05, 4.69) is 26.1 Å². The van der Waals surface area contributed by atoms with Gasteiger partial charge in [-0.3, -0.25) is 19.4 Å². The Hall–Kier alpha value is -4.60. The van der Waals surface area contributed by atoms with Crippen molar-refractivity contribution < 1.29 is 23.5 Å². The smallest absolute Gasteiger partial charge is 0.329 e. The van der Waals surface area contributed by atoms with Crippen molar-refractivity contribution in [2.45, 2.75) is 6.54 Å². The Kier molecular flexibility index (Phi) is 8.18. The van der Waals surface area contributed by atoms with Gasteiger partial charge in [0.15, 0.2) is 6.61 Å². The van der Waals surface area contributed by atoms with Crippen molar-refractivity contribution in [3.63, 3.8) is 0 Å². The minimum absolute atomic E-state index is 0.125. The molecule has 0 unspecified atom stereocenters. The zero-order chi connectivity index (χ0) is 23.5. The monoisotopic (exact) mass is 449 g/mol.